The van der Waals surface area contributed by atoms with E-state index >= 15 is 0 Å². The van der Waals surface area contributed by atoms with E-state index in [-0.39, 0.29) is 12.5 Å². The molecule has 1 rings (SSSR count). The van der Waals surface area contributed by atoms with Crippen molar-refractivity contribution in [3.05, 3.63) is 35.9 Å². The van der Waals surface area contributed by atoms with Crippen molar-refractivity contribution in [2.75, 3.05) is 7.05 Å². The number of amides is 1. The molecular weight excluding hydrogens is 270 g/mol. The first-order chi connectivity index (χ1) is 10.0. The predicted molar refractivity (Wildman–Crippen MR) is 79.9 cm³/mol. The Kier molecular flexibility index (Phi) is 6.72. The van der Waals surface area contributed by atoms with E-state index in [1.807, 2.05) is 44.2 Å². The Morgan fingerprint density at radius 2 is 1.76 bits per heavy atom. The Hall–Kier alpha value is -2.04. The first kappa shape index (κ1) is 17.0. The van der Waals surface area contributed by atoms with E-state index in [1.54, 1.807) is 0 Å². The van der Waals surface area contributed by atoms with Crippen molar-refractivity contribution in [2.24, 2.45) is 5.92 Å². The Morgan fingerprint density at radius 1 is 1.19 bits per heavy atom. The Labute approximate surface area is 125 Å². The van der Waals surface area contributed by atoms with Crippen molar-refractivity contribution < 1.29 is 19.4 Å². The van der Waals surface area contributed by atoms with Gasteiger partial charge in [-0.2, -0.15) is 0 Å². The van der Waals surface area contributed by atoms with Crippen LogP contribution in [0.2, 0.25) is 0 Å². The molecule has 0 aliphatic rings. The first-order valence-electron chi connectivity index (χ1n) is 7.17. The summed E-state index contributed by atoms with van der Waals surface area (Å²) in [5.41, 5.74) is 0.869. The van der Waals surface area contributed by atoms with Crippen molar-refractivity contribution in [2.45, 2.75) is 39.3 Å². The molecule has 0 aliphatic heterocycles. The summed E-state index contributed by atoms with van der Waals surface area (Å²) < 4.78 is 5.18. The van der Waals surface area contributed by atoms with Gasteiger partial charge in [0.25, 0.3) is 0 Å². The van der Waals surface area contributed by atoms with Crippen molar-refractivity contribution in [1.29, 1.82) is 0 Å². The molecule has 5 nitrogen and oxygen atoms in total. The van der Waals surface area contributed by atoms with Gasteiger partial charge in [0.2, 0.25) is 0 Å². The quantitative estimate of drug-likeness (QED) is 0.838. The molecule has 0 aliphatic carbocycles. The normalized spacial score (nSPS) is 12.0. The number of hydrogen-bond donors (Lipinski definition) is 1. The summed E-state index contributed by atoms with van der Waals surface area (Å²) in [6.45, 7) is 3.99. The van der Waals surface area contributed by atoms with Crippen LogP contribution in [0.4, 0.5) is 4.79 Å². The maximum absolute atomic E-state index is 12.0. The average molecular weight is 293 g/mol. The van der Waals surface area contributed by atoms with E-state index in [1.165, 1.54) is 11.9 Å². The smallest absolute Gasteiger partial charge is 0.410 e. The summed E-state index contributed by atoms with van der Waals surface area (Å²) in [4.78, 5) is 24.7. The Morgan fingerprint density at radius 3 is 2.24 bits per heavy atom. The molecule has 1 N–H and O–H groups in total. The van der Waals surface area contributed by atoms with Gasteiger partial charge in [-0.1, -0.05) is 57.0 Å². The van der Waals surface area contributed by atoms with Crippen LogP contribution in [-0.4, -0.2) is 35.2 Å². The fraction of sp³-hybridized carbons (Fsp3) is 0.500. The van der Waals surface area contributed by atoms with Crippen molar-refractivity contribution in [1.82, 2.24) is 4.90 Å². The van der Waals surface area contributed by atoms with E-state index in [0.29, 0.717) is 12.8 Å². The van der Waals surface area contributed by atoms with Gasteiger partial charge in [-0.3, -0.25) is 4.90 Å². The van der Waals surface area contributed by atoms with Crippen molar-refractivity contribution in [3.8, 4) is 0 Å². The fourth-order valence-electron chi connectivity index (χ4n) is 2.35. The molecule has 5 heteroatoms. The summed E-state index contributed by atoms with van der Waals surface area (Å²) in [5, 5.41) is 9.36. The number of carboxylic acids is 1. The number of ether oxygens (including phenoxy) is 1. The van der Waals surface area contributed by atoms with Gasteiger partial charge in [0.15, 0.2) is 0 Å². The minimum Gasteiger partial charge on any atom is -0.480 e. The molecular formula is C16H23NO4. The molecule has 116 valence electrons. The van der Waals surface area contributed by atoms with Crippen molar-refractivity contribution in [3.63, 3.8) is 0 Å². The molecule has 0 spiro atoms. The molecule has 1 aromatic rings. The highest BCUT2D eigenvalue weighted by Gasteiger charge is 2.33. The number of nitrogens with zero attached hydrogens (tertiary/aromatic N) is 1. The van der Waals surface area contributed by atoms with Crippen LogP contribution < -0.4 is 0 Å². The SMILES string of the molecule is CCC(CC)C(C(=O)O)N(C)C(=O)OCc1ccccc1. The third kappa shape index (κ3) is 4.77. The van der Waals surface area contributed by atoms with Gasteiger partial charge < -0.3 is 9.84 Å². The standard InChI is InChI=1S/C16H23NO4/c1-4-13(5-2)14(15(18)19)17(3)16(20)21-11-12-9-7-6-8-10-12/h6-10,13-14H,4-5,11H2,1-3H3,(H,18,19). The van der Waals surface area contributed by atoms with E-state index in [9.17, 15) is 14.7 Å². The minimum atomic E-state index is -0.997. The van der Waals surface area contributed by atoms with Gasteiger partial charge in [0.1, 0.15) is 12.6 Å². The van der Waals surface area contributed by atoms with E-state index in [0.717, 1.165) is 5.56 Å². The van der Waals surface area contributed by atoms with Crippen LogP contribution in [0.25, 0.3) is 0 Å². The predicted octanol–water partition coefficient (Wildman–Crippen LogP) is 3.14. The molecule has 1 atom stereocenters. The van der Waals surface area contributed by atoms with Gasteiger partial charge in [-0.05, 0) is 11.5 Å². The number of hydrogen-bond acceptors (Lipinski definition) is 3. The molecule has 0 bridgehead atoms. The molecule has 1 aromatic carbocycles. The molecule has 21 heavy (non-hydrogen) atoms. The highest BCUT2D eigenvalue weighted by molar-refractivity contribution is 5.80. The number of aliphatic carboxylic acids is 1. The number of carboxylic acid groups (broad SMARTS) is 1. The van der Waals surface area contributed by atoms with Crippen LogP contribution in [0.3, 0.4) is 0 Å². The Balaban J connectivity index is 2.68. The van der Waals surface area contributed by atoms with Crippen LogP contribution in [0.15, 0.2) is 30.3 Å². The molecule has 1 unspecified atom stereocenters. The molecule has 1 amide bonds. The molecule has 0 saturated heterocycles. The van der Waals surface area contributed by atoms with Crippen LogP contribution in [0, 0.1) is 5.92 Å². The largest absolute Gasteiger partial charge is 0.480 e. The summed E-state index contributed by atoms with van der Waals surface area (Å²) in [7, 11) is 1.48. The third-order valence-electron chi connectivity index (χ3n) is 3.66. The lowest BCUT2D eigenvalue weighted by atomic mass is 9.93. The molecule has 0 fully saturated rings. The zero-order valence-electron chi connectivity index (χ0n) is 12.8. The van der Waals surface area contributed by atoms with Crippen molar-refractivity contribution >= 4 is 12.1 Å². The second kappa shape index (κ2) is 8.29. The maximum atomic E-state index is 12.0. The van der Waals surface area contributed by atoms with Gasteiger partial charge in [0.05, 0.1) is 0 Å². The molecule has 0 heterocycles. The monoisotopic (exact) mass is 293 g/mol. The fourth-order valence-corrected chi connectivity index (χ4v) is 2.35. The van der Waals surface area contributed by atoms with Crippen LogP contribution in [0.5, 0.6) is 0 Å². The first-order valence-corrected chi connectivity index (χ1v) is 7.17. The highest BCUT2D eigenvalue weighted by Crippen LogP contribution is 2.19. The lowest BCUT2D eigenvalue weighted by Crippen LogP contribution is -2.47. The van der Waals surface area contributed by atoms with Gasteiger partial charge in [0, 0.05) is 7.05 Å². The second-order valence-electron chi connectivity index (χ2n) is 5.01. The number of rotatable bonds is 7. The summed E-state index contributed by atoms with van der Waals surface area (Å²) in [6, 6.07) is 8.44. The maximum Gasteiger partial charge on any atom is 0.410 e. The zero-order chi connectivity index (χ0) is 15.8. The number of benzene rings is 1. The number of carbonyl (C=O) groups is 2. The van der Waals surface area contributed by atoms with Gasteiger partial charge in [-0.25, -0.2) is 9.59 Å². The van der Waals surface area contributed by atoms with E-state index < -0.39 is 18.1 Å². The van der Waals surface area contributed by atoms with Crippen LogP contribution in [-0.2, 0) is 16.1 Å². The topological polar surface area (TPSA) is 66.8 Å². The number of carbonyl (C=O) groups excluding carboxylic acids is 1. The molecule has 0 aromatic heterocycles. The summed E-state index contributed by atoms with van der Waals surface area (Å²) >= 11 is 0. The zero-order valence-corrected chi connectivity index (χ0v) is 12.8. The number of likely N-dealkylation sites (N-methyl/N-ethyl adjacent to an activating group) is 1. The Bertz CT molecular complexity index is 457. The summed E-state index contributed by atoms with van der Waals surface area (Å²) in [6.07, 6.45) is 0.784. The van der Waals surface area contributed by atoms with Crippen LogP contribution >= 0.6 is 0 Å². The van der Waals surface area contributed by atoms with E-state index in [2.05, 4.69) is 0 Å². The van der Waals surface area contributed by atoms with Gasteiger partial charge in [-0.15, -0.1) is 0 Å². The molecule has 0 saturated carbocycles. The highest BCUT2D eigenvalue weighted by atomic mass is 16.6. The summed E-state index contributed by atoms with van der Waals surface area (Å²) in [5.74, 6) is -1.08. The molecule has 0 radical (unpaired) electrons. The lowest BCUT2D eigenvalue weighted by molar-refractivity contribution is -0.144. The lowest BCUT2D eigenvalue weighted by Gasteiger charge is -2.29. The van der Waals surface area contributed by atoms with E-state index in [4.69, 9.17) is 4.74 Å². The van der Waals surface area contributed by atoms with Crippen LogP contribution in [0.1, 0.15) is 32.3 Å². The minimum absolute atomic E-state index is 0.0863. The van der Waals surface area contributed by atoms with Gasteiger partial charge >= 0.3 is 12.1 Å². The second-order valence-corrected chi connectivity index (χ2v) is 5.01. The third-order valence-corrected chi connectivity index (χ3v) is 3.66. The average Bonchev–Trinajstić information content (AvgIpc) is 2.50.